The van der Waals surface area contributed by atoms with Crippen molar-refractivity contribution in [1.29, 1.82) is 0 Å². The minimum atomic E-state index is -0.0649. The molecule has 3 nitrogen and oxygen atoms in total. The highest BCUT2D eigenvalue weighted by molar-refractivity contribution is 5.90. The van der Waals surface area contributed by atoms with Crippen molar-refractivity contribution in [3.8, 4) is 5.75 Å². The summed E-state index contributed by atoms with van der Waals surface area (Å²) in [5, 5.41) is 10.7. The number of phenolic OH excluding ortho intramolecular Hbond substituents is 1. The number of rotatable bonds is 0. The van der Waals surface area contributed by atoms with Crippen LogP contribution in [-0.4, -0.2) is 5.11 Å². The Hall–Kier alpha value is -2.29. The van der Waals surface area contributed by atoms with Gasteiger partial charge in [0, 0.05) is 6.07 Å². The predicted octanol–water partition coefficient (Wildman–Crippen LogP) is 2.96. The molecule has 2 aromatic carbocycles. The summed E-state index contributed by atoms with van der Waals surface area (Å²) < 4.78 is 5.60. The molecule has 1 aromatic heterocycles. The van der Waals surface area contributed by atoms with E-state index in [1.165, 1.54) is 6.07 Å². The van der Waals surface area contributed by atoms with E-state index in [0.717, 1.165) is 0 Å². The van der Waals surface area contributed by atoms with Crippen LogP contribution in [0.15, 0.2) is 45.6 Å². The van der Waals surface area contributed by atoms with Gasteiger partial charge in [0.2, 0.25) is 5.43 Å². The first kappa shape index (κ1) is 9.90. The first-order valence-electron chi connectivity index (χ1n) is 5.32. The fourth-order valence-electron chi connectivity index (χ4n) is 1.95. The van der Waals surface area contributed by atoms with Gasteiger partial charge in [-0.2, -0.15) is 0 Å². The van der Waals surface area contributed by atoms with Crippen LogP contribution in [-0.2, 0) is 0 Å². The van der Waals surface area contributed by atoms with Crippen LogP contribution in [0.5, 0.6) is 5.75 Å². The van der Waals surface area contributed by atoms with E-state index in [9.17, 15) is 9.90 Å². The molecule has 1 N–H and O–H groups in total. The lowest BCUT2D eigenvalue weighted by Crippen LogP contribution is -2.02. The van der Waals surface area contributed by atoms with Crippen molar-refractivity contribution >= 4 is 21.9 Å². The molecule has 0 aliphatic carbocycles. The third-order valence-corrected chi connectivity index (χ3v) is 2.89. The Labute approximate surface area is 96.9 Å². The predicted molar refractivity (Wildman–Crippen MR) is 66.4 cm³/mol. The first-order chi connectivity index (χ1) is 8.16. The van der Waals surface area contributed by atoms with Gasteiger partial charge in [-0.05, 0) is 30.7 Å². The lowest BCUT2D eigenvalue weighted by atomic mass is 10.1. The topological polar surface area (TPSA) is 50.4 Å². The number of phenols is 1. The standard InChI is InChI=1S/C14H10O3/c1-8-6-10-13(7-11(8)15)17-12-5-3-2-4-9(12)14(10)16/h2-7,15H,1H3. The van der Waals surface area contributed by atoms with Crippen LogP contribution in [0.1, 0.15) is 5.56 Å². The largest absolute Gasteiger partial charge is 0.508 e. The lowest BCUT2D eigenvalue weighted by Gasteiger charge is -2.03. The molecule has 0 aliphatic heterocycles. The van der Waals surface area contributed by atoms with Gasteiger partial charge in [-0.1, -0.05) is 12.1 Å². The summed E-state index contributed by atoms with van der Waals surface area (Å²) in [6.07, 6.45) is 0. The van der Waals surface area contributed by atoms with Crippen LogP contribution in [0.2, 0.25) is 0 Å². The van der Waals surface area contributed by atoms with Gasteiger partial charge in [-0.25, -0.2) is 0 Å². The minimum Gasteiger partial charge on any atom is -0.508 e. The smallest absolute Gasteiger partial charge is 0.200 e. The highest BCUT2D eigenvalue weighted by Gasteiger charge is 2.09. The normalized spacial score (nSPS) is 11.1. The van der Waals surface area contributed by atoms with Crippen molar-refractivity contribution in [3.63, 3.8) is 0 Å². The fourth-order valence-corrected chi connectivity index (χ4v) is 1.95. The number of aromatic hydroxyl groups is 1. The van der Waals surface area contributed by atoms with Crippen molar-refractivity contribution in [2.24, 2.45) is 0 Å². The van der Waals surface area contributed by atoms with E-state index >= 15 is 0 Å². The second-order valence-electron chi connectivity index (χ2n) is 4.06. The molecule has 0 unspecified atom stereocenters. The van der Waals surface area contributed by atoms with E-state index in [0.29, 0.717) is 27.5 Å². The summed E-state index contributed by atoms with van der Waals surface area (Å²) in [7, 11) is 0. The van der Waals surface area contributed by atoms with Gasteiger partial charge in [-0.3, -0.25) is 4.79 Å². The van der Waals surface area contributed by atoms with Crippen molar-refractivity contribution < 1.29 is 9.52 Å². The van der Waals surface area contributed by atoms with Gasteiger partial charge in [0.05, 0.1) is 10.8 Å². The fraction of sp³-hybridized carbons (Fsp3) is 0.0714. The molecule has 17 heavy (non-hydrogen) atoms. The zero-order valence-electron chi connectivity index (χ0n) is 9.23. The van der Waals surface area contributed by atoms with Crippen LogP contribution in [0.3, 0.4) is 0 Å². The summed E-state index contributed by atoms with van der Waals surface area (Å²) in [4.78, 5) is 12.2. The van der Waals surface area contributed by atoms with Gasteiger partial charge >= 0.3 is 0 Å². The molecular formula is C14H10O3. The summed E-state index contributed by atoms with van der Waals surface area (Å²) in [6.45, 7) is 1.75. The molecule has 0 saturated carbocycles. The average Bonchev–Trinajstić information content (AvgIpc) is 2.32. The van der Waals surface area contributed by atoms with Gasteiger partial charge in [-0.15, -0.1) is 0 Å². The molecule has 0 spiro atoms. The Bertz CT molecular complexity index is 784. The second-order valence-corrected chi connectivity index (χ2v) is 4.06. The van der Waals surface area contributed by atoms with Gasteiger partial charge in [0.25, 0.3) is 0 Å². The lowest BCUT2D eigenvalue weighted by molar-refractivity contribution is 0.470. The van der Waals surface area contributed by atoms with E-state index in [1.54, 1.807) is 31.2 Å². The molecule has 84 valence electrons. The number of benzene rings is 2. The molecule has 0 atom stereocenters. The molecule has 0 amide bonds. The third-order valence-electron chi connectivity index (χ3n) is 2.89. The zero-order valence-corrected chi connectivity index (χ0v) is 9.23. The van der Waals surface area contributed by atoms with Gasteiger partial charge in [0.15, 0.2) is 0 Å². The van der Waals surface area contributed by atoms with Crippen LogP contribution in [0.4, 0.5) is 0 Å². The number of hydrogen-bond donors (Lipinski definition) is 1. The van der Waals surface area contributed by atoms with Crippen LogP contribution in [0, 0.1) is 6.92 Å². The second kappa shape index (κ2) is 3.35. The van der Waals surface area contributed by atoms with Crippen LogP contribution in [0.25, 0.3) is 21.9 Å². The van der Waals surface area contributed by atoms with E-state index in [1.807, 2.05) is 6.07 Å². The maximum Gasteiger partial charge on any atom is 0.200 e. The molecule has 3 aromatic rings. The highest BCUT2D eigenvalue weighted by Crippen LogP contribution is 2.25. The maximum absolute atomic E-state index is 12.2. The van der Waals surface area contributed by atoms with E-state index in [-0.39, 0.29) is 11.2 Å². The molecule has 0 bridgehead atoms. The Morgan fingerprint density at radius 3 is 2.65 bits per heavy atom. The monoisotopic (exact) mass is 226 g/mol. The van der Waals surface area contributed by atoms with Crippen LogP contribution >= 0.6 is 0 Å². The molecule has 0 aliphatic rings. The third kappa shape index (κ3) is 1.40. The highest BCUT2D eigenvalue weighted by atomic mass is 16.3. The zero-order chi connectivity index (χ0) is 12.0. The summed E-state index contributed by atoms with van der Waals surface area (Å²) >= 11 is 0. The van der Waals surface area contributed by atoms with Crippen molar-refractivity contribution in [2.75, 3.05) is 0 Å². The van der Waals surface area contributed by atoms with E-state index in [2.05, 4.69) is 0 Å². The average molecular weight is 226 g/mol. The van der Waals surface area contributed by atoms with Crippen molar-refractivity contribution in [3.05, 3.63) is 52.2 Å². The Morgan fingerprint density at radius 2 is 1.82 bits per heavy atom. The molecule has 1 heterocycles. The minimum absolute atomic E-state index is 0.0649. The summed E-state index contributed by atoms with van der Waals surface area (Å²) in [5.41, 5.74) is 1.55. The molecule has 3 rings (SSSR count). The first-order valence-corrected chi connectivity index (χ1v) is 5.32. The maximum atomic E-state index is 12.2. The Morgan fingerprint density at radius 1 is 1.06 bits per heavy atom. The van der Waals surface area contributed by atoms with E-state index in [4.69, 9.17) is 4.42 Å². The van der Waals surface area contributed by atoms with Crippen molar-refractivity contribution in [2.45, 2.75) is 6.92 Å². The van der Waals surface area contributed by atoms with Gasteiger partial charge < -0.3 is 9.52 Å². The number of aryl methyl sites for hydroxylation is 1. The molecular weight excluding hydrogens is 216 g/mol. The number of hydrogen-bond acceptors (Lipinski definition) is 3. The van der Waals surface area contributed by atoms with E-state index < -0.39 is 0 Å². The van der Waals surface area contributed by atoms with Gasteiger partial charge in [0.1, 0.15) is 16.9 Å². The number of para-hydroxylation sites is 1. The van der Waals surface area contributed by atoms with Crippen molar-refractivity contribution in [1.82, 2.24) is 0 Å². The van der Waals surface area contributed by atoms with Crippen LogP contribution < -0.4 is 5.43 Å². The molecule has 0 fully saturated rings. The SMILES string of the molecule is Cc1cc2c(=O)c3ccccc3oc2cc1O. The Balaban J connectivity index is 2.60. The molecule has 3 heteroatoms. The number of fused-ring (bicyclic) bond motifs is 2. The summed E-state index contributed by atoms with van der Waals surface area (Å²) in [6, 6.07) is 10.2. The molecule has 0 radical (unpaired) electrons. The Kier molecular flexibility index (Phi) is 1.95. The molecule has 0 saturated heterocycles. The summed E-state index contributed by atoms with van der Waals surface area (Å²) in [5.74, 6) is 0.135. The quantitative estimate of drug-likeness (QED) is 0.599.